The molecule has 1 aliphatic heterocycles. The predicted octanol–water partition coefficient (Wildman–Crippen LogP) is -0.0748. The molecule has 0 aromatic heterocycles. The normalized spacial score (nSPS) is 28.9. The van der Waals surface area contributed by atoms with E-state index >= 15 is 0 Å². The van der Waals surface area contributed by atoms with Crippen LogP contribution in [0.3, 0.4) is 0 Å². The number of ether oxygens (including phenoxy) is 4. The molecule has 0 aromatic carbocycles. The molecule has 0 aliphatic carbocycles. The summed E-state index contributed by atoms with van der Waals surface area (Å²) in [5, 5.41) is 14.6. The van der Waals surface area contributed by atoms with Gasteiger partial charge in [0.15, 0.2) is 12.2 Å². The van der Waals surface area contributed by atoms with Crippen LogP contribution in [0.1, 0.15) is 45.1 Å². The van der Waals surface area contributed by atoms with Crippen molar-refractivity contribution in [2.24, 2.45) is 5.16 Å². The van der Waals surface area contributed by atoms with E-state index in [9.17, 15) is 19.2 Å². The standard InChI is InChI=1S/C17H26N2O9/c1-8(19-24)6-13-15(18-9(2)20)17(27-12(5)23)16(26-11(4)22)14(28-13)7-25-10(3)21/h13-17,24H,6-7H2,1-5H3,(H,18,20)/t13?,14-,15+,16-,17-/m1/s1/i3D,4D,5D. The summed E-state index contributed by atoms with van der Waals surface area (Å²) in [7, 11) is 0. The lowest BCUT2D eigenvalue weighted by Crippen LogP contribution is -2.66. The number of esters is 3. The Morgan fingerprint density at radius 2 is 1.64 bits per heavy atom. The molecule has 0 saturated carbocycles. The van der Waals surface area contributed by atoms with Gasteiger partial charge >= 0.3 is 17.9 Å². The molecule has 0 aromatic rings. The molecule has 11 heteroatoms. The average molecular weight is 405 g/mol. The van der Waals surface area contributed by atoms with Crippen LogP contribution in [-0.2, 0) is 38.1 Å². The first-order valence-electron chi connectivity index (χ1n) is 10.3. The van der Waals surface area contributed by atoms with Crippen LogP contribution in [0.25, 0.3) is 0 Å². The van der Waals surface area contributed by atoms with Crippen LogP contribution < -0.4 is 5.32 Å². The number of amides is 1. The van der Waals surface area contributed by atoms with Crippen molar-refractivity contribution in [3.8, 4) is 0 Å². The molecule has 11 nitrogen and oxygen atoms in total. The molecule has 1 saturated heterocycles. The Balaban J connectivity index is 3.38. The SMILES string of the molecule is [2H]CC(=O)OC[C@H]1OC(CC(C)=NO)[C@H](NC(C)=O)[C@@H](OC(=O)C[2H])[C@@H]1OC(=O)C[2H]. The third kappa shape index (κ3) is 7.14. The molecule has 0 spiro atoms. The second kappa shape index (κ2) is 10.6. The molecule has 0 bridgehead atoms. The van der Waals surface area contributed by atoms with Crippen molar-refractivity contribution in [3.05, 3.63) is 0 Å². The summed E-state index contributed by atoms with van der Waals surface area (Å²) in [5.41, 5.74) is 0.203. The fourth-order valence-corrected chi connectivity index (χ4v) is 2.83. The first-order valence-corrected chi connectivity index (χ1v) is 8.19. The first-order chi connectivity index (χ1) is 14.7. The lowest BCUT2D eigenvalue weighted by atomic mass is 9.89. The van der Waals surface area contributed by atoms with Gasteiger partial charge < -0.3 is 29.5 Å². The first kappa shape index (κ1) is 18.7. The van der Waals surface area contributed by atoms with Crippen LogP contribution in [0.15, 0.2) is 5.16 Å². The highest BCUT2D eigenvalue weighted by Gasteiger charge is 2.50. The Morgan fingerprint density at radius 1 is 1.04 bits per heavy atom. The molecule has 2 N–H and O–H groups in total. The molecule has 158 valence electrons. The summed E-state index contributed by atoms with van der Waals surface area (Å²) >= 11 is 0. The summed E-state index contributed by atoms with van der Waals surface area (Å²) in [5.74, 6) is -3.40. The Hall–Kier alpha value is -2.69. The maximum atomic E-state index is 11.9. The Morgan fingerprint density at radius 3 is 2.18 bits per heavy atom. The van der Waals surface area contributed by atoms with Gasteiger partial charge in [-0.15, -0.1) is 0 Å². The minimum absolute atomic E-state index is 0.0433. The van der Waals surface area contributed by atoms with Gasteiger partial charge in [-0.05, 0) is 6.92 Å². The predicted molar refractivity (Wildman–Crippen MR) is 93.5 cm³/mol. The van der Waals surface area contributed by atoms with Gasteiger partial charge in [0.25, 0.3) is 0 Å². The van der Waals surface area contributed by atoms with Gasteiger partial charge in [-0.1, -0.05) is 5.16 Å². The lowest BCUT2D eigenvalue weighted by Gasteiger charge is -2.45. The third-order valence-electron chi connectivity index (χ3n) is 3.78. The van der Waals surface area contributed by atoms with Crippen LogP contribution >= 0.6 is 0 Å². The minimum Gasteiger partial charge on any atom is -0.463 e. The number of carbonyl (C=O) groups excluding carboxylic acids is 4. The van der Waals surface area contributed by atoms with Crippen LogP contribution in [0.2, 0.25) is 0 Å². The number of hydrogen-bond acceptors (Lipinski definition) is 10. The highest BCUT2D eigenvalue weighted by atomic mass is 16.6. The van der Waals surface area contributed by atoms with Gasteiger partial charge in [-0.25, -0.2) is 0 Å². The molecule has 1 unspecified atom stereocenters. The summed E-state index contributed by atoms with van der Waals surface area (Å²) < 4.78 is 42.7. The van der Waals surface area contributed by atoms with E-state index in [0.29, 0.717) is 0 Å². The Labute approximate surface area is 166 Å². The van der Waals surface area contributed by atoms with Crippen LogP contribution in [-0.4, -0.2) is 71.8 Å². The van der Waals surface area contributed by atoms with Gasteiger partial charge in [-0.3, -0.25) is 19.2 Å². The number of nitrogens with zero attached hydrogens (tertiary/aromatic N) is 1. The monoisotopic (exact) mass is 405 g/mol. The zero-order valence-electron chi connectivity index (χ0n) is 18.6. The van der Waals surface area contributed by atoms with Gasteiger partial charge in [0.1, 0.15) is 12.7 Å². The topological polar surface area (TPSA) is 150 Å². The molecule has 5 atom stereocenters. The van der Waals surface area contributed by atoms with Crippen LogP contribution in [0, 0.1) is 0 Å². The molecule has 1 heterocycles. The zero-order chi connectivity index (χ0) is 23.6. The second-order valence-electron chi connectivity index (χ2n) is 6.07. The van der Waals surface area contributed by atoms with Crippen molar-refractivity contribution >= 4 is 29.5 Å². The van der Waals surface area contributed by atoms with E-state index in [-0.39, 0.29) is 12.1 Å². The fraction of sp³-hybridized carbons (Fsp3) is 0.706. The smallest absolute Gasteiger partial charge is 0.303 e. The molecule has 0 radical (unpaired) electrons. The Kier molecular flexibility index (Phi) is 7.06. The summed E-state index contributed by atoms with van der Waals surface area (Å²) in [6.45, 7) is -0.0137. The Bertz CT molecular complexity index is 692. The number of hydrogen-bond donors (Lipinski definition) is 2. The number of nitrogens with one attached hydrogen (secondary N) is 1. The summed E-state index contributed by atoms with van der Waals surface area (Å²) in [4.78, 5) is 47.0. The van der Waals surface area contributed by atoms with Crippen LogP contribution in [0.5, 0.6) is 0 Å². The maximum absolute atomic E-state index is 11.9. The van der Waals surface area contributed by atoms with Crippen molar-refractivity contribution in [2.75, 3.05) is 6.61 Å². The molecule has 1 aliphatic rings. The molecular formula is C17H26N2O9. The third-order valence-corrected chi connectivity index (χ3v) is 3.78. The molecular weight excluding hydrogens is 376 g/mol. The molecule has 1 rings (SSSR count). The van der Waals surface area contributed by atoms with Crippen molar-refractivity contribution in [2.45, 2.75) is 71.4 Å². The van der Waals surface area contributed by atoms with Crippen molar-refractivity contribution in [1.82, 2.24) is 5.32 Å². The molecule has 28 heavy (non-hydrogen) atoms. The number of oxime groups is 1. The average Bonchev–Trinajstić information content (AvgIpc) is 2.75. The largest absolute Gasteiger partial charge is 0.463 e. The van der Waals surface area contributed by atoms with Crippen molar-refractivity contribution < 1.29 is 47.4 Å². The highest BCUT2D eigenvalue weighted by Crippen LogP contribution is 2.29. The van der Waals surface area contributed by atoms with Crippen molar-refractivity contribution in [1.29, 1.82) is 0 Å². The van der Waals surface area contributed by atoms with E-state index in [1.807, 2.05) is 0 Å². The van der Waals surface area contributed by atoms with Gasteiger partial charge in [0.2, 0.25) is 5.91 Å². The lowest BCUT2D eigenvalue weighted by molar-refractivity contribution is -0.222. The van der Waals surface area contributed by atoms with E-state index in [1.54, 1.807) is 0 Å². The van der Waals surface area contributed by atoms with Gasteiger partial charge in [0.05, 0.1) is 17.9 Å². The van der Waals surface area contributed by atoms with E-state index in [0.717, 1.165) is 0 Å². The number of rotatable bonds is 7. The zero-order valence-corrected chi connectivity index (χ0v) is 15.6. The van der Waals surface area contributed by atoms with Crippen LogP contribution in [0.4, 0.5) is 0 Å². The van der Waals surface area contributed by atoms with Gasteiger partial charge in [0, 0.05) is 38.2 Å². The minimum atomic E-state index is -1.40. The maximum Gasteiger partial charge on any atom is 0.303 e. The van der Waals surface area contributed by atoms with Gasteiger partial charge in [-0.2, -0.15) is 0 Å². The van der Waals surface area contributed by atoms with Crippen molar-refractivity contribution in [3.63, 3.8) is 0 Å². The highest BCUT2D eigenvalue weighted by molar-refractivity contribution is 5.82. The summed E-state index contributed by atoms with van der Waals surface area (Å²) in [6.07, 6.45) is -4.96. The van der Waals surface area contributed by atoms with E-state index < -0.39 is 81.6 Å². The summed E-state index contributed by atoms with van der Waals surface area (Å²) in [6, 6.07) is -1.09. The quantitative estimate of drug-likeness (QED) is 0.195. The molecule has 1 fully saturated rings. The fourth-order valence-electron chi connectivity index (χ4n) is 2.83. The second-order valence-corrected chi connectivity index (χ2v) is 6.07. The van der Waals surface area contributed by atoms with E-state index in [4.69, 9.17) is 28.3 Å². The van der Waals surface area contributed by atoms with E-state index in [1.165, 1.54) is 13.8 Å². The molecule has 1 amide bonds. The number of carbonyl (C=O) groups is 4. The van der Waals surface area contributed by atoms with E-state index in [2.05, 4.69) is 10.5 Å².